The maximum absolute atomic E-state index is 12.4. The second-order valence-electron chi connectivity index (χ2n) is 7.33. The van der Waals surface area contributed by atoms with Crippen LogP contribution in [0.15, 0.2) is 18.2 Å². The lowest BCUT2D eigenvalue weighted by Gasteiger charge is -2.30. The van der Waals surface area contributed by atoms with Crippen LogP contribution in [0.4, 0.5) is 11.4 Å². The molecule has 2 N–H and O–H groups in total. The molecule has 9 nitrogen and oxygen atoms in total. The Hall–Kier alpha value is -2.68. The quantitative estimate of drug-likeness (QED) is 0.279. The fraction of sp³-hybridized carbons (Fsp3) is 0.600. The van der Waals surface area contributed by atoms with Crippen molar-refractivity contribution >= 4 is 23.3 Å². The maximum Gasteiger partial charge on any atom is 0.339 e. The van der Waals surface area contributed by atoms with E-state index in [1.807, 2.05) is 0 Å². The topological polar surface area (TPSA) is 120 Å². The molecule has 0 unspecified atom stereocenters. The van der Waals surface area contributed by atoms with Crippen LogP contribution in [-0.2, 0) is 14.3 Å². The number of carbonyl (C=O) groups is 2. The van der Waals surface area contributed by atoms with Gasteiger partial charge < -0.3 is 20.1 Å². The summed E-state index contributed by atoms with van der Waals surface area (Å²) < 4.78 is 10.1. The Bertz CT molecular complexity index is 739. The summed E-state index contributed by atoms with van der Waals surface area (Å²) >= 11 is 0. The van der Waals surface area contributed by atoms with E-state index in [0.717, 1.165) is 31.7 Å². The van der Waals surface area contributed by atoms with E-state index in [1.165, 1.54) is 26.2 Å². The number of esters is 1. The highest BCUT2D eigenvalue weighted by atomic mass is 16.6. The molecule has 1 aliphatic rings. The van der Waals surface area contributed by atoms with Crippen LogP contribution in [0.3, 0.4) is 0 Å². The number of benzene rings is 1. The van der Waals surface area contributed by atoms with Gasteiger partial charge in [0.2, 0.25) is 0 Å². The van der Waals surface area contributed by atoms with Gasteiger partial charge in [-0.05, 0) is 37.8 Å². The van der Waals surface area contributed by atoms with Crippen molar-refractivity contribution in [3.63, 3.8) is 0 Å². The first-order valence-electron chi connectivity index (χ1n) is 9.86. The molecule has 1 amide bonds. The molecule has 3 atom stereocenters. The molecule has 1 fully saturated rings. The van der Waals surface area contributed by atoms with Crippen LogP contribution in [0.5, 0.6) is 0 Å². The predicted molar refractivity (Wildman–Crippen MR) is 108 cm³/mol. The Morgan fingerprint density at radius 2 is 2.03 bits per heavy atom. The van der Waals surface area contributed by atoms with Gasteiger partial charge in [0.05, 0.1) is 17.1 Å². The molecule has 0 radical (unpaired) electrons. The number of methoxy groups -OCH3 is 1. The van der Waals surface area contributed by atoms with E-state index in [4.69, 9.17) is 9.47 Å². The molecular weight excluding hydrogens is 378 g/mol. The van der Waals surface area contributed by atoms with Crippen molar-refractivity contribution in [2.24, 2.45) is 5.92 Å². The van der Waals surface area contributed by atoms with Crippen molar-refractivity contribution in [1.82, 2.24) is 5.32 Å². The number of ether oxygens (including phenoxy) is 2. The zero-order valence-electron chi connectivity index (χ0n) is 17.1. The zero-order chi connectivity index (χ0) is 21.4. The molecule has 0 heterocycles. The van der Waals surface area contributed by atoms with Crippen molar-refractivity contribution in [2.75, 3.05) is 25.6 Å². The molecule has 160 valence electrons. The molecular formula is C20H29N3O6. The zero-order valence-corrected chi connectivity index (χ0v) is 17.1. The minimum absolute atomic E-state index is 0.0136. The van der Waals surface area contributed by atoms with Gasteiger partial charge in [-0.15, -0.1) is 0 Å². The van der Waals surface area contributed by atoms with Gasteiger partial charge in [0.25, 0.3) is 11.6 Å². The molecule has 0 aliphatic heterocycles. The van der Waals surface area contributed by atoms with Gasteiger partial charge in [-0.3, -0.25) is 14.9 Å². The molecule has 29 heavy (non-hydrogen) atoms. The average molecular weight is 407 g/mol. The monoisotopic (exact) mass is 407 g/mol. The van der Waals surface area contributed by atoms with Crippen LogP contribution in [0.1, 0.15) is 49.9 Å². The molecule has 1 saturated carbocycles. The highest BCUT2D eigenvalue weighted by Gasteiger charge is 2.27. The maximum atomic E-state index is 12.4. The summed E-state index contributed by atoms with van der Waals surface area (Å²) in [5, 5.41) is 17.2. The molecule has 1 aromatic rings. The van der Waals surface area contributed by atoms with Gasteiger partial charge >= 0.3 is 5.97 Å². The Morgan fingerprint density at radius 1 is 1.31 bits per heavy atom. The van der Waals surface area contributed by atoms with E-state index >= 15 is 0 Å². The Balaban J connectivity index is 2.00. The van der Waals surface area contributed by atoms with Crippen LogP contribution >= 0.6 is 0 Å². The van der Waals surface area contributed by atoms with Gasteiger partial charge in [0.15, 0.2) is 6.10 Å². The third kappa shape index (κ3) is 6.42. The second-order valence-corrected chi connectivity index (χ2v) is 7.33. The fourth-order valence-electron chi connectivity index (χ4n) is 3.36. The number of nitro groups is 1. The van der Waals surface area contributed by atoms with Gasteiger partial charge in [-0.1, -0.05) is 19.8 Å². The van der Waals surface area contributed by atoms with Crippen LogP contribution in [0.2, 0.25) is 0 Å². The van der Waals surface area contributed by atoms with Gasteiger partial charge in [0.1, 0.15) is 5.69 Å². The van der Waals surface area contributed by atoms with Crippen LogP contribution in [0.25, 0.3) is 0 Å². The SMILES string of the molecule is COCCNc1ccc(C(=O)O[C@H](C)C(=O)N[C@@H]2CCCC[C@H]2C)cc1[N+](=O)[O-]. The van der Waals surface area contributed by atoms with Gasteiger partial charge in [0, 0.05) is 25.8 Å². The van der Waals surface area contributed by atoms with E-state index in [-0.39, 0.29) is 28.9 Å². The van der Waals surface area contributed by atoms with Crippen molar-refractivity contribution in [2.45, 2.75) is 51.7 Å². The van der Waals surface area contributed by atoms with Crippen molar-refractivity contribution in [3.05, 3.63) is 33.9 Å². The highest BCUT2D eigenvalue weighted by molar-refractivity contribution is 5.93. The molecule has 0 spiro atoms. The number of anilines is 1. The lowest BCUT2D eigenvalue weighted by Crippen LogP contribution is -2.45. The summed E-state index contributed by atoms with van der Waals surface area (Å²) in [6.07, 6.45) is 3.21. The number of hydrogen-bond acceptors (Lipinski definition) is 7. The minimum Gasteiger partial charge on any atom is -0.449 e. The Labute approximate surface area is 170 Å². The molecule has 1 aromatic carbocycles. The molecule has 1 aliphatic carbocycles. The summed E-state index contributed by atoms with van der Waals surface area (Å²) in [5.41, 5.74) is 0.0454. The number of nitrogens with one attached hydrogen (secondary N) is 2. The normalized spacial score (nSPS) is 19.8. The lowest BCUT2D eigenvalue weighted by molar-refractivity contribution is -0.384. The number of hydrogen-bond donors (Lipinski definition) is 2. The van der Waals surface area contributed by atoms with Crippen LogP contribution in [-0.4, -0.2) is 49.2 Å². The number of nitrogens with zero attached hydrogens (tertiary/aromatic N) is 1. The third-order valence-corrected chi connectivity index (χ3v) is 5.14. The van der Waals surface area contributed by atoms with Gasteiger partial charge in [-0.25, -0.2) is 4.79 Å². The first-order chi connectivity index (χ1) is 13.8. The third-order valence-electron chi connectivity index (χ3n) is 5.14. The smallest absolute Gasteiger partial charge is 0.339 e. The highest BCUT2D eigenvalue weighted by Crippen LogP contribution is 2.26. The molecule has 0 bridgehead atoms. The first kappa shape index (κ1) is 22.6. The molecule has 0 saturated heterocycles. The van der Waals surface area contributed by atoms with E-state index in [0.29, 0.717) is 19.1 Å². The summed E-state index contributed by atoms with van der Waals surface area (Å²) in [6.45, 7) is 4.36. The van der Waals surface area contributed by atoms with E-state index in [1.54, 1.807) is 0 Å². The summed E-state index contributed by atoms with van der Waals surface area (Å²) in [4.78, 5) is 35.5. The van der Waals surface area contributed by atoms with Gasteiger partial charge in [-0.2, -0.15) is 0 Å². The summed E-state index contributed by atoms with van der Waals surface area (Å²) in [5.74, 6) is -0.753. The van der Waals surface area contributed by atoms with E-state index in [2.05, 4.69) is 17.6 Å². The number of amides is 1. The Kier molecular flexibility index (Phi) is 8.38. The van der Waals surface area contributed by atoms with Crippen molar-refractivity contribution in [3.8, 4) is 0 Å². The first-order valence-corrected chi connectivity index (χ1v) is 9.86. The van der Waals surface area contributed by atoms with E-state index in [9.17, 15) is 19.7 Å². The number of carbonyl (C=O) groups excluding carboxylic acids is 2. The van der Waals surface area contributed by atoms with Crippen LogP contribution in [0, 0.1) is 16.0 Å². The lowest BCUT2D eigenvalue weighted by atomic mass is 9.86. The minimum atomic E-state index is -0.991. The average Bonchev–Trinajstić information content (AvgIpc) is 2.69. The molecule has 2 rings (SSSR count). The molecule has 0 aromatic heterocycles. The largest absolute Gasteiger partial charge is 0.449 e. The summed E-state index contributed by atoms with van der Waals surface area (Å²) in [6, 6.07) is 4.10. The molecule has 9 heteroatoms. The summed E-state index contributed by atoms with van der Waals surface area (Å²) in [7, 11) is 1.53. The predicted octanol–water partition coefficient (Wildman–Crippen LogP) is 2.89. The van der Waals surface area contributed by atoms with Crippen molar-refractivity contribution < 1.29 is 24.0 Å². The number of rotatable bonds is 9. The van der Waals surface area contributed by atoms with E-state index < -0.39 is 17.0 Å². The van der Waals surface area contributed by atoms with Crippen LogP contribution < -0.4 is 10.6 Å². The standard InChI is InChI=1S/C20H29N3O6/c1-13-6-4-5-7-16(13)22-19(24)14(2)29-20(25)15-8-9-17(21-10-11-28-3)18(12-15)23(26)27/h8-9,12-14,16,21H,4-7,10-11H2,1-3H3,(H,22,24)/t13-,14-,16-/m1/s1. The Morgan fingerprint density at radius 3 is 2.69 bits per heavy atom. The number of nitro benzene ring substituents is 1. The fourth-order valence-corrected chi connectivity index (χ4v) is 3.36. The van der Waals surface area contributed by atoms with Crippen molar-refractivity contribution in [1.29, 1.82) is 0 Å². The second kappa shape index (κ2) is 10.8.